The molecule has 3 heterocycles. The molecule has 3 nitrogen and oxygen atoms in total. The molecule has 0 aliphatic carbocycles. The van der Waals surface area contributed by atoms with E-state index in [1.54, 1.807) is 0 Å². The highest BCUT2D eigenvalue weighted by atomic mass is 16.3. The van der Waals surface area contributed by atoms with E-state index in [0.717, 1.165) is 38.5 Å². The van der Waals surface area contributed by atoms with Gasteiger partial charge in [0.2, 0.25) is 12.4 Å². The molecule has 8 rings (SSSR count). The lowest BCUT2D eigenvalue weighted by Crippen LogP contribution is -2.57. The van der Waals surface area contributed by atoms with Crippen molar-refractivity contribution in [2.75, 3.05) is 0 Å². The number of aryl methyl sites for hydroxylation is 8. The fourth-order valence-electron chi connectivity index (χ4n) is 8.69. The quantitative estimate of drug-likeness (QED) is 0.175. The van der Waals surface area contributed by atoms with E-state index in [1.165, 1.54) is 72.0 Å². The van der Waals surface area contributed by atoms with Crippen LogP contribution in [0.3, 0.4) is 0 Å². The van der Waals surface area contributed by atoms with Gasteiger partial charge >= 0.3 is 0 Å². The van der Waals surface area contributed by atoms with Crippen LogP contribution in [-0.2, 0) is 0 Å². The summed E-state index contributed by atoms with van der Waals surface area (Å²) in [6, 6.07) is 35.2. The summed E-state index contributed by atoms with van der Waals surface area (Å²) in [7, 11) is 0. The van der Waals surface area contributed by atoms with Crippen LogP contribution in [0, 0.1) is 55.4 Å². The molecule has 0 fully saturated rings. The standard InChI is InChI=1S/C46H41BN2O/c1-26-20-28(3)42(29(4)21-26)47(43-30(5)22-27(2)23-31(43)6)44-32(7)24-36(25-33(44)8)34-15-17-35(18-16-34)40-41-37-12-9-10-14-39(37)50-46(41)49-38-13-11-19-48-45(38)40/h9-25H,1-8H3. The zero-order valence-corrected chi connectivity index (χ0v) is 30.2. The van der Waals surface area contributed by atoms with Gasteiger partial charge in [-0.15, -0.1) is 0 Å². The van der Waals surface area contributed by atoms with Crippen molar-refractivity contribution >= 4 is 56.2 Å². The molecule has 50 heavy (non-hydrogen) atoms. The molecule has 3 aromatic heterocycles. The fourth-order valence-corrected chi connectivity index (χ4v) is 8.69. The molecule has 0 saturated carbocycles. The lowest BCUT2D eigenvalue weighted by atomic mass is 9.33. The van der Waals surface area contributed by atoms with Gasteiger partial charge in [0.05, 0.1) is 16.4 Å². The summed E-state index contributed by atoms with van der Waals surface area (Å²) in [6.07, 6.45) is 1.84. The van der Waals surface area contributed by atoms with Crippen molar-refractivity contribution in [1.82, 2.24) is 9.97 Å². The molecule has 0 N–H and O–H groups in total. The third kappa shape index (κ3) is 5.22. The molecule has 0 spiro atoms. The number of nitrogens with zero attached hydrogens (tertiary/aromatic N) is 2. The summed E-state index contributed by atoms with van der Waals surface area (Å²) in [5, 5.41) is 2.06. The van der Waals surface area contributed by atoms with Crippen LogP contribution in [-0.4, -0.2) is 16.7 Å². The normalized spacial score (nSPS) is 11.6. The minimum absolute atomic E-state index is 0.146. The highest BCUT2D eigenvalue weighted by Crippen LogP contribution is 2.40. The Kier molecular flexibility index (Phi) is 7.71. The Hall–Kier alpha value is -5.48. The first-order valence-corrected chi connectivity index (χ1v) is 17.5. The number of rotatable bonds is 5. The first-order chi connectivity index (χ1) is 24.1. The number of hydrogen-bond acceptors (Lipinski definition) is 3. The fraction of sp³-hybridized carbons (Fsp3) is 0.174. The molecule has 0 aliphatic heterocycles. The first kappa shape index (κ1) is 31.8. The molecule has 0 aliphatic rings. The molecule has 0 saturated heterocycles. The van der Waals surface area contributed by atoms with Crippen molar-refractivity contribution in [2.45, 2.75) is 55.4 Å². The summed E-state index contributed by atoms with van der Waals surface area (Å²) in [6.45, 7) is 18.3. The monoisotopic (exact) mass is 648 g/mol. The lowest BCUT2D eigenvalue weighted by Gasteiger charge is -2.27. The smallest absolute Gasteiger partial charge is 0.243 e. The number of aromatic nitrogens is 2. The molecule has 0 unspecified atom stereocenters. The third-order valence-corrected chi connectivity index (χ3v) is 10.5. The van der Waals surface area contributed by atoms with E-state index >= 15 is 0 Å². The first-order valence-electron chi connectivity index (χ1n) is 17.5. The average molecular weight is 649 g/mol. The summed E-state index contributed by atoms with van der Waals surface area (Å²) in [5.41, 5.74) is 22.6. The Labute approximate surface area is 295 Å². The van der Waals surface area contributed by atoms with E-state index in [4.69, 9.17) is 14.4 Å². The van der Waals surface area contributed by atoms with Crippen LogP contribution in [0.4, 0.5) is 0 Å². The Morgan fingerprint density at radius 2 is 1.04 bits per heavy atom. The van der Waals surface area contributed by atoms with Crippen LogP contribution >= 0.6 is 0 Å². The van der Waals surface area contributed by atoms with E-state index in [2.05, 4.69) is 128 Å². The van der Waals surface area contributed by atoms with E-state index in [-0.39, 0.29) is 6.71 Å². The van der Waals surface area contributed by atoms with Crippen molar-refractivity contribution in [3.05, 3.63) is 148 Å². The van der Waals surface area contributed by atoms with Gasteiger partial charge in [-0.2, -0.15) is 0 Å². The summed E-state index contributed by atoms with van der Waals surface area (Å²) in [5.74, 6) is 0. The molecule has 4 heteroatoms. The largest absolute Gasteiger partial charge is 0.438 e. The van der Waals surface area contributed by atoms with Crippen LogP contribution in [0.15, 0.2) is 108 Å². The second-order valence-electron chi connectivity index (χ2n) is 14.3. The zero-order chi connectivity index (χ0) is 34.8. The molecular weight excluding hydrogens is 607 g/mol. The van der Waals surface area contributed by atoms with Gasteiger partial charge in [-0.05, 0) is 90.3 Å². The Morgan fingerprint density at radius 1 is 0.520 bits per heavy atom. The number of pyridine rings is 2. The lowest BCUT2D eigenvalue weighted by molar-refractivity contribution is 0.656. The van der Waals surface area contributed by atoms with Gasteiger partial charge in [0.15, 0.2) is 0 Å². The van der Waals surface area contributed by atoms with Crippen LogP contribution < -0.4 is 16.4 Å². The van der Waals surface area contributed by atoms with E-state index < -0.39 is 0 Å². The molecule has 0 amide bonds. The minimum atomic E-state index is 0.146. The number of fused-ring (bicyclic) bond motifs is 4. The third-order valence-electron chi connectivity index (χ3n) is 10.5. The highest BCUT2D eigenvalue weighted by molar-refractivity contribution is 6.97. The van der Waals surface area contributed by atoms with E-state index in [1.807, 2.05) is 30.5 Å². The Morgan fingerprint density at radius 3 is 1.62 bits per heavy atom. The van der Waals surface area contributed by atoms with Gasteiger partial charge in [0.1, 0.15) is 5.58 Å². The van der Waals surface area contributed by atoms with Crippen LogP contribution in [0.5, 0.6) is 0 Å². The van der Waals surface area contributed by atoms with Crippen molar-refractivity contribution in [1.29, 1.82) is 0 Å². The predicted octanol–water partition coefficient (Wildman–Crippen LogP) is 9.85. The van der Waals surface area contributed by atoms with Gasteiger partial charge in [0.25, 0.3) is 0 Å². The van der Waals surface area contributed by atoms with Crippen molar-refractivity contribution in [3.8, 4) is 22.3 Å². The maximum Gasteiger partial charge on any atom is 0.243 e. The highest BCUT2D eigenvalue weighted by Gasteiger charge is 2.31. The van der Waals surface area contributed by atoms with Crippen molar-refractivity contribution in [3.63, 3.8) is 0 Å². The zero-order valence-electron chi connectivity index (χ0n) is 30.2. The van der Waals surface area contributed by atoms with Gasteiger partial charge in [0, 0.05) is 17.1 Å². The summed E-state index contributed by atoms with van der Waals surface area (Å²) < 4.78 is 6.24. The Balaban J connectivity index is 1.27. The molecule has 5 aromatic carbocycles. The number of para-hydroxylation sites is 1. The number of furan rings is 1. The van der Waals surface area contributed by atoms with Crippen molar-refractivity contribution < 1.29 is 4.42 Å². The maximum absolute atomic E-state index is 6.24. The number of benzene rings is 5. The second kappa shape index (κ2) is 12.1. The molecule has 0 radical (unpaired) electrons. The molecule has 244 valence electrons. The van der Waals surface area contributed by atoms with Gasteiger partial charge in [-0.1, -0.05) is 140 Å². The van der Waals surface area contributed by atoms with Crippen LogP contribution in [0.1, 0.15) is 44.5 Å². The van der Waals surface area contributed by atoms with Crippen LogP contribution in [0.2, 0.25) is 0 Å². The molecule has 8 aromatic rings. The maximum atomic E-state index is 6.24. The topological polar surface area (TPSA) is 38.9 Å². The summed E-state index contributed by atoms with van der Waals surface area (Å²) >= 11 is 0. The van der Waals surface area contributed by atoms with Gasteiger partial charge < -0.3 is 4.42 Å². The molecule has 0 bridgehead atoms. The summed E-state index contributed by atoms with van der Waals surface area (Å²) in [4.78, 5) is 9.66. The Bertz CT molecular complexity index is 2500. The minimum Gasteiger partial charge on any atom is -0.438 e. The molecule has 0 atom stereocenters. The van der Waals surface area contributed by atoms with Gasteiger partial charge in [-0.3, -0.25) is 4.98 Å². The number of hydrogen-bond donors (Lipinski definition) is 0. The van der Waals surface area contributed by atoms with E-state index in [0.29, 0.717) is 5.71 Å². The molecular formula is C46H41BN2O. The van der Waals surface area contributed by atoms with E-state index in [9.17, 15) is 0 Å². The van der Waals surface area contributed by atoms with Crippen LogP contribution in [0.25, 0.3) is 55.4 Å². The second-order valence-corrected chi connectivity index (χ2v) is 14.3. The predicted molar refractivity (Wildman–Crippen MR) is 213 cm³/mol. The average Bonchev–Trinajstić information content (AvgIpc) is 3.44. The van der Waals surface area contributed by atoms with Crippen molar-refractivity contribution in [2.24, 2.45) is 0 Å². The van der Waals surface area contributed by atoms with Gasteiger partial charge in [-0.25, -0.2) is 4.98 Å². The SMILES string of the molecule is Cc1cc(C)c(B(c2c(C)cc(C)cc2C)c2c(C)cc(-c3ccc(-c4c5ncccc5nc5oc6ccccc6c45)cc3)cc2C)c(C)c1.